The van der Waals surface area contributed by atoms with Crippen LogP contribution in [0.3, 0.4) is 0 Å². The number of amides is 1. The van der Waals surface area contributed by atoms with Crippen LogP contribution in [-0.2, 0) is 4.79 Å². The fourth-order valence-electron chi connectivity index (χ4n) is 2.36. The number of nitrogens with zero attached hydrogens (tertiary/aromatic N) is 2. The van der Waals surface area contributed by atoms with Crippen molar-refractivity contribution in [3.05, 3.63) is 35.6 Å². The maximum absolute atomic E-state index is 11.9. The summed E-state index contributed by atoms with van der Waals surface area (Å²) < 4.78 is 0. The molecule has 2 aromatic rings. The molecule has 0 aliphatic carbocycles. The fraction of sp³-hybridized carbons (Fsp3) is 0.286. The maximum Gasteiger partial charge on any atom is 0.226 e. The van der Waals surface area contributed by atoms with Crippen molar-refractivity contribution < 1.29 is 4.79 Å². The Morgan fingerprint density at radius 1 is 1.22 bits per heavy atom. The van der Waals surface area contributed by atoms with E-state index in [1.165, 1.54) is 0 Å². The third-order valence-corrected chi connectivity index (χ3v) is 3.63. The molecule has 0 bridgehead atoms. The normalized spacial score (nSPS) is 16.3. The van der Waals surface area contributed by atoms with Gasteiger partial charge in [0.15, 0.2) is 0 Å². The molecule has 0 N–H and O–H groups in total. The van der Waals surface area contributed by atoms with Gasteiger partial charge in [0.1, 0.15) is 0 Å². The Kier molecular flexibility index (Phi) is 2.92. The number of benzene rings is 1. The molecular formula is C14H13ClN2O. The van der Waals surface area contributed by atoms with Crippen LogP contribution in [0.2, 0.25) is 5.02 Å². The molecule has 1 aliphatic heterocycles. The largest absolute Gasteiger partial charge is 0.312 e. The fourth-order valence-corrected chi connectivity index (χ4v) is 2.58. The molecule has 0 spiro atoms. The number of anilines is 1. The van der Waals surface area contributed by atoms with Crippen molar-refractivity contribution in [3.8, 4) is 0 Å². The molecule has 0 radical (unpaired) electrons. The van der Waals surface area contributed by atoms with Gasteiger partial charge in [0, 0.05) is 41.8 Å². The molecule has 1 saturated heterocycles. The Labute approximate surface area is 110 Å². The Hall–Kier alpha value is -1.61. The molecule has 1 aromatic heterocycles. The summed E-state index contributed by atoms with van der Waals surface area (Å²) in [5.74, 6) is 0.200. The summed E-state index contributed by atoms with van der Waals surface area (Å²) in [5, 5.41) is 2.57. The minimum Gasteiger partial charge on any atom is -0.312 e. The van der Waals surface area contributed by atoms with Crippen molar-refractivity contribution in [2.24, 2.45) is 0 Å². The van der Waals surface area contributed by atoms with Crippen LogP contribution in [0.5, 0.6) is 0 Å². The second-order valence-corrected chi connectivity index (χ2v) is 4.94. The van der Waals surface area contributed by atoms with Crippen LogP contribution in [0.15, 0.2) is 30.6 Å². The van der Waals surface area contributed by atoms with Crippen molar-refractivity contribution in [2.45, 2.75) is 19.3 Å². The average molecular weight is 261 g/mol. The number of pyridine rings is 1. The minimum atomic E-state index is 0.200. The van der Waals surface area contributed by atoms with Gasteiger partial charge in [-0.15, -0.1) is 0 Å². The van der Waals surface area contributed by atoms with Gasteiger partial charge in [-0.2, -0.15) is 0 Å². The molecule has 0 atom stereocenters. The van der Waals surface area contributed by atoms with Gasteiger partial charge in [0.05, 0.1) is 5.02 Å². The van der Waals surface area contributed by atoms with Crippen molar-refractivity contribution in [2.75, 3.05) is 11.4 Å². The lowest BCUT2D eigenvalue weighted by Gasteiger charge is -2.27. The highest BCUT2D eigenvalue weighted by atomic mass is 35.5. The Balaban J connectivity index is 2.07. The van der Waals surface area contributed by atoms with Gasteiger partial charge in [-0.3, -0.25) is 9.78 Å². The Bertz CT molecular complexity index is 612. The standard InChI is InChI=1S/C14H13ClN2O/c15-13-9-16-8-10-4-5-11(7-12(10)13)17-6-2-1-3-14(17)18/h4-5,7-9H,1-3,6H2. The van der Waals surface area contributed by atoms with Gasteiger partial charge in [0.2, 0.25) is 5.91 Å². The molecule has 0 saturated carbocycles. The van der Waals surface area contributed by atoms with E-state index in [4.69, 9.17) is 11.6 Å². The van der Waals surface area contributed by atoms with Crippen LogP contribution in [0, 0.1) is 0 Å². The summed E-state index contributed by atoms with van der Waals surface area (Å²) in [6.45, 7) is 0.799. The minimum absolute atomic E-state index is 0.200. The van der Waals surface area contributed by atoms with E-state index in [-0.39, 0.29) is 5.91 Å². The molecule has 1 aliphatic rings. The summed E-state index contributed by atoms with van der Waals surface area (Å²) in [7, 11) is 0. The zero-order chi connectivity index (χ0) is 12.5. The average Bonchev–Trinajstić information content (AvgIpc) is 2.40. The molecule has 4 heteroatoms. The first-order valence-corrected chi connectivity index (χ1v) is 6.47. The van der Waals surface area contributed by atoms with Crippen molar-refractivity contribution in [1.82, 2.24) is 4.98 Å². The molecule has 1 aromatic carbocycles. The highest BCUT2D eigenvalue weighted by Gasteiger charge is 2.19. The molecule has 3 nitrogen and oxygen atoms in total. The molecule has 1 fully saturated rings. The molecule has 3 rings (SSSR count). The first-order valence-electron chi connectivity index (χ1n) is 6.09. The summed E-state index contributed by atoms with van der Waals surface area (Å²) in [5.41, 5.74) is 0.931. The number of halogens is 1. The van der Waals surface area contributed by atoms with Crippen LogP contribution in [0.4, 0.5) is 5.69 Å². The second-order valence-electron chi connectivity index (χ2n) is 4.53. The zero-order valence-corrected chi connectivity index (χ0v) is 10.7. The van der Waals surface area contributed by atoms with Crippen LogP contribution in [-0.4, -0.2) is 17.4 Å². The SMILES string of the molecule is O=C1CCCCN1c1ccc2cncc(Cl)c2c1. The molecule has 2 heterocycles. The highest BCUT2D eigenvalue weighted by molar-refractivity contribution is 6.35. The van der Waals surface area contributed by atoms with Gasteiger partial charge < -0.3 is 4.90 Å². The first-order chi connectivity index (χ1) is 8.75. The third kappa shape index (κ3) is 1.95. The summed E-state index contributed by atoms with van der Waals surface area (Å²) >= 11 is 6.14. The number of carbonyl (C=O) groups is 1. The molecular weight excluding hydrogens is 248 g/mol. The van der Waals surface area contributed by atoms with Gasteiger partial charge in [-0.25, -0.2) is 0 Å². The van der Waals surface area contributed by atoms with Gasteiger partial charge in [-0.05, 0) is 25.0 Å². The quantitative estimate of drug-likeness (QED) is 0.787. The Morgan fingerprint density at radius 2 is 2.11 bits per heavy atom. The summed E-state index contributed by atoms with van der Waals surface area (Å²) in [6, 6.07) is 5.90. The summed E-state index contributed by atoms with van der Waals surface area (Å²) in [6.07, 6.45) is 6.11. The summed E-state index contributed by atoms with van der Waals surface area (Å²) in [4.78, 5) is 17.8. The van der Waals surface area contributed by atoms with Gasteiger partial charge in [-0.1, -0.05) is 17.7 Å². The van der Waals surface area contributed by atoms with E-state index in [0.717, 1.165) is 35.8 Å². The van der Waals surface area contributed by atoms with E-state index in [0.29, 0.717) is 11.4 Å². The van der Waals surface area contributed by atoms with E-state index in [9.17, 15) is 4.79 Å². The maximum atomic E-state index is 11.9. The predicted molar refractivity (Wildman–Crippen MR) is 73.0 cm³/mol. The van der Waals surface area contributed by atoms with Crippen LogP contribution in [0.25, 0.3) is 10.8 Å². The number of carbonyl (C=O) groups excluding carboxylic acids is 1. The monoisotopic (exact) mass is 260 g/mol. The van der Waals surface area contributed by atoms with E-state index in [1.807, 2.05) is 23.1 Å². The molecule has 0 unspecified atom stereocenters. The first kappa shape index (κ1) is 11.5. The zero-order valence-electron chi connectivity index (χ0n) is 9.90. The van der Waals surface area contributed by atoms with Crippen molar-refractivity contribution in [1.29, 1.82) is 0 Å². The number of rotatable bonds is 1. The smallest absolute Gasteiger partial charge is 0.226 e. The molecule has 18 heavy (non-hydrogen) atoms. The lowest BCUT2D eigenvalue weighted by Crippen LogP contribution is -2.35. The van der Waals surface area contributed by atoms with Crippen LogP contribution >= 0.6 is 11.6 Å². The van der Waals surface area contributed by atoms with E-state index in [2.05, 4.69) is 4.98 Å². The third-order valence-electron chi connectivity index (χ3n) is 3.33. The van der Waals surface area contributed by atoms with Crippen molar-refractivity contribution >= 4 is 34.0 Å². The number of piperidine rings is 1. The molecule has 92 valence electrons. The van der Waals surface area contributed by atoms with E-state index < -0.39 is 0 Å². The lowest BCUT2D eigenvalue weighted by molar-refractivity contribution is -0.119. The van der Waals surface area contributed by atoms with E-state index in [1.54, 1.807) is 12.4 Å². The highest BCUT2D eigenvalue weighted by Crippen LogP contribution is 2.28. The van der Waals surface area contributed by atoms with Crippen LogP contribution in [0.1, 0.15) is 19.3 Å². The second kappa shape index (κ2) is 4.58. The van der Waals surface area contributed by atoms with Gasteiger partial charge >= 0.3 is 0 Å². The van der Waals surface area contributed by atoms with Gasteiger partial charge in [0.25, 0.3) is 0 Å². The number of aromatic nitrogens is 1. The van der Waals surface area contributed by atoms with Crippen LogP contribution < -0.4 is 4.90 Å². The lowest BCUT2D eigenvalue weighted by atomic mass is 10.1. The Morgan fingerprint density at radius 3 is 2.94 bits per heavy atom. The predicted octanol–water partition coefficient (Wildman–Crippen LogP) is 3.41. The van der Waals surface area contributed by atoms with E-state index >= 15 is 0 Å². The van der Waals surface area contributed by atoms with Crippen molar-refractivity contribution in [3.63, 3.8) is 0 Å². The topological polar surface area (TPSA) is 33.2 Å². The number of hydrogen-bond acceptors (Lipinski definition) is 2. The number of fused-ring (bicyclic) bond motifs is 1. The molecule has 1 amide bonds. The number of hydrogen-bond donors (Lipinski definition) is 0.